The van der Waals surface area contributed by atoms with Crippen LogP contribution in [0.15, 0.2) is 12.4 Å². The number of methoxy groups -OCH3 is 1. The summed E-state index contributed by atoms with van der Waals surface area (Å²) in [6, 6.07) is 0. The Kier molecular flexibility index (Phi) is 5.80. The molecular weight excluding hydrogens is 255 g/mol. The van der Waals surface area contributed by atoms with Crippen molar-refractivity contribution in [3.05, 3.63) is 12.4 Å². The van der Waals surface area contributed by atoms with E-state index in [2.05, 4.69) is 5.10 Å². The van der Waals surface area contributed by atoms with Gasteiger partial charge in [0.2, 0.25) is 0 Å². The van der Waals surface area contributed by atoms with Gasteiger partial charge in [-0.25, -0.2) is 0 Å². The van der Waals surface area contributed by atoms with Crippen LogP contribution in [0.3, 0.4) is 0 Å². The van der Waals surface area contributed by atoms with Crippen LogP contribution in [0.25, 0.3) is 0 Å². The van der Waals surface area contributed by atoms with Crippen LogP contribution in [0.1, 0.15) is 41.5 Å². The lowest BCUT2D eigenvalue weighted by atomic mass is 9.82. The summed E-state index contributed by atoms with van der Waals surface area (Å²) in [6.07, 6.45) is 3.74. The second-order valence-corrected chi connectivity index (χ2v) is 5.62. The van der Waals surface area contributed by atoms with Gasteiger partial charge >= 0.3 is 7.12 Å². The number of aromatic nitrogens is 2. The molecule has 1 aliphatic heterocycles. The molecule has 0 N–H and O–H groups in total. The Morgan fingerprint density at radius 3 is 2.25 bits per heavy atom. The van der Waals surface area contributed by atoms with Crippen molar-refractivity contribution in [1.82, 2.24) is 9.78 Å². The molecule has 0 amide bonds. The van der Waals surface area contributed by atoms with E-state index in [1.54, 1.807) is 13.3 Å². The summed E-state index contributed by atoms with van der Waals surface area (Å²) in [5.41, 5.74) is 0.322. The van der Waals surface area contributed by atoms with Crippen molar-refractivity contribution < 1.29 is 14.0 Å². The third-order valence-corrected chi connectivity index (χ3v) is 3.70. The van der Waals surface area contributed by atoms with E-state index in [1.807, 2.05) is 52.4 Å². The summed E-state index contributed by atoms with van der Waals surface area (Å²) < 4.78 is 18.8. The highest BCUT2D eigenvalue weighted by Crippen LogP contribution is 2.36. The minimum Gasteiger partial charge on any atom is -0.399 e. The summed E-state index contributed by atoms with van der Waals surface area (Å²) in [6.45, 7) is 13.6. The lowest BCUT2D eigenvalue weighted by Crippen LogP contribution is -2.41. The molecule has 1 fully saturated rings. The second kappa shape index (κ2) is 6.74. The fraction of sp³-hybridized carbons (Fsp3) is 0.786. The summed E-state index contributed by atoms with van der Waals surface area (Å²) in [7, 11) is 1.34. The SMILES string of the molecule is CC.COCCn1cc(B2OC(C)(C)C(C)(C)O2)cn1. The highest BCUT2D eigenvalue weighted by atomic mass is 16.7. The van der Waals surface area contributed by atoms with Gasteiger partial charge in [0.15, 0.2) is 0 Å². The Balaban J connectivity index is 0.000000956. The number of hydrogen-bond donors (Lipinski definition) is 0. The van der Waals surface area contributed by atoms with Crippen molar-refractivity contribution >= 4 is 12.6 Å². The number of hydrogen-bond acceptors (Lipinski definition) is 4. The molecule has 6 heteroatoms. The molecule has 114 valence electrons. The Labute approximate surface area is 122 Å². The average Bonchev–Trinajstić information content (AvgIpc) is 2.93. The number of rotatable bonds is 4. The number of ether oxygens (including phenoxy) is 1. The fourth-order valence-electron chi connectivity index (χ4n) is 1.79. The quantitative estimate of drug-likeness (QED) is 0.791. The van der Waals surface area contributed by atoms with Crippen LogP contribution in [0.2, 0.25) is 0 Å². The van der Waals surface area contributed by atoms with Gasteiger partial charge in [-0.1, -0.05) is 13.8 Å². The van der Waals surface area contributed by atoms with Gasteiger partial charge in [-0.05, 0) is 27.7 Å². The van der Waals surface area contributed by atoms with E-state index in [0.29, 0.717) is 6.61 Å². The zero-order chi connectivity index (χ0) is 15.4. The molecule has 20 heavy (non-hydrogen) atoms. The molecule has 1 aromatic heterocycles. The lowest BCUT2D eigenvalue weighted by Gasteiger charge is -2.32. The monoisotopic (exact) mass is 282 g/mol. The van der Waals surface area contributed by atoms with Crippen LogP contribution in [0.4, 0.5) is 0 Å². The van der Waals surface area contributed by atoms with Crippen molar-refractivity contribution in [2.75, 3.05) is 13.7 Å². The van der Waals surface area contributed by atoms with Gasteiger partial charge < -0.3 is 14.0 Å². The van der Waals surface area contributed by atoms with E-state index in [9.17, 15) is 0 Å². The van der Waals surface area contributed by atoms with E-state index in [0.717, 1.165) is 12.0 Å². The third-order valence-electron chi connectivity index (χ3n) is 3.70. The fourth-order valence-corrected chi connectivity index (χ4v) is 1.79. The van der Waals surface area contributed by atoms with Crippen molar-refractivity contribution in [2.24, 2.45) is 0 Å². The molecule has 0 bridgehead atoms. The Hall–Kier alpha value is -0.845. The van der Waals surface area contributed by atoms with Gasteiger partial charge in [0.05, 0.1) is 24.4 Å². The van der Waals surface area contributed by atoms with E-state index in [-0.39, 0.29) is 18.3 Å². The molecule has 0 spiro atoms. The normalized spacial score (nSPS) is 19.6. The minimum atomic E-state index is -0.341. The third kappa shape index (κ3) is 3.62. The summed E-state index contributed by atoms with van der Waals surface area (Å²) in [4.78, 5) is 0. The second-order valence-electron chi connectivity index (χ2n) is 5.62. The van der Waals surface area contributed by atoms with Crippen molar-refractivity contribution in [3.8, 4) is 0 Å². The van der Waals surface area contributed by atoms with E-state index in [1.165, 1.54) is 0 Å². The molecule has 0 radical (unpaired) electrons. The number of nitrogens with zero attached hydrogens (tertiary/aromatic N) is 2. The van der Waals surface area contributed by atoms with E-state index in [4.69, 9.17) is 14.0 Å². The molecule has 0 aliphatic carbocycles. The molecule has 2 heterocycles. The summed E-state index contributed by atoms with van der Waals surface area (Å²) >= 11 is 0. The van der Waals surface area contributed by atoms with Crippen LogP contribution in [-0.4, -0.2) is 41.8 Å². The maximum Gasteiger partial charge on any atom is 0.498 e. The van der Waals surface area contributed by atoms with Crippen LogP contribution in [-0.2, 0) is 20.6 Å². The maximum atomic E-state index is 5.96. The van der Waals surface area contributed by atoms with Crippen molar-refractivity contribution in [1.29, 1.82) is 0 Å². The molecule has 0 atom stereocenters. The first kappa shape index (κ1) is 17.2. The lowest BCUT2D eigenvalue weighted by molar-refractivity contribution is 0.00578. The predicted molar refractivity (Wildman–Crippen MR) is 81.2 cm³/mol. The Morgan fingerprint density at radius 1 is 1.20 bits per heavy atom. The summed E-state index contributed by atoms with van der Waals surface area (Å²) in [5.74, 6) is 0. The standard InChI is InChI=1S/C12H21BN2O3.C2H6/c1-11(2)12(3,4)18-13(17-11)10-8-14-15(9-10)6-7-16-5;1-2/h8-9H,6-7H2,1-5H3;1-2H3. The molecule has 5 nitrogen and oxygen atoms in total. The highest BCUT2D eigenvalue weighted by Gasteiger charge is 2.52. The molecular formula is C14H27BN2O3. The van der Waals surface area contributed by atoms with Crippen LogP contribution in [0, 0.1) is 0 Å². The van der Waals surface area contributed by atoms with Crippen LogP contribution >= 0.6 is 0 Å². The van der Waals surface area contributed by atoms with Crippen LogP contribution < -0.4 is 5.46 Å². The first-order valence-electron chi connectivity index (χ1n) is 7.23. The van der Waals surface area contributed by atoms with Gasteiger partial charge in [0.25, 0.3) is 0 Å². The van der Waals surface area contributed by atoms with Gasteiger partial charge in [0, 0.05) is 25.0 Å². The van der Waals surface area contributed by atoms with Gasteiger partial charge in [0.1, 0.15) is 0 Å². The molecule has 0 saturated carbocycles. The maximum absolute atomic E-state index is 5.96. The molecule has 1 aromatic rings. The van der Waals surface area contributed by atoms with Crippen LogP contribution in [0.5, 0.6) is 0 Å². The van der Waals surface area contributed by atoms with Crippen molar-refractivity contribution in [3.63, 3.8) is 0 Å². The van der Waals surface area contributed by atoms with E-state index >= 15 is 0 Å². The highest BCUT2D eigenvalue weighted by molar-refractivity contribution is 6.61. The Bertz CT molecular complexity index is 402. The zero-order valence-electron chi connectivity index (χ0n) is 13.8. The minimum absolute atomic E-state index is 0.313. The van der Waals surface area contributed by atoms with Crippen molar-refractivity contribution in [2.45, 2.75) is 59.3 Å². The van der Waals surface area contributed by atoms with E-state index < -0.39 is 0 Å². The smallest absolute Gasteiger partial charge is 0.399 e. The topological polar surface area (TPSA) is 45.5 Å². The van der Waals surface area contributed by atoms with Gasteiger partial charge in [-0.2, -0.15) is 5.10 Å². The largest absolute Gasteiger partial charge is 0.498 e. The first-order chi connectivity index (χ1) is 9.36. The molecule has 2 rings (SSSR count). The first-order valence-corrected chi connectivity index (χ1v) is 7.23. The molecule has 1 saturated heterocycles. The van der Waals surface area contributed by atoms with Gasteiger partial charge in [-0.3, -0.25) is 4.68 Å². The summed E-state index contributed by atoms with van der Waals surface area (Å²) in [5, 5.41) is 4.27. The molecule has 0 aromatic carbocycles. The molecule has 1 aliphatic rings. The Morgan fingerprint density at radius 2 is 1.75 bits per heavy atom. The average molecular weight is 282 g/mol. The van der Waals surface area contributed by atoms with Gasteiger partial charge in [-0.15, -0.1) is 0 Å². The predicted octanol–water partition coefficient (Wildman–Crippen LogP) is 1.85. The molecule has 0 unspecified atom stereocenters. The zero-order valence-corrected chi connectivity index (χ0v) is 13.8.